The lowest BCUT2D eigenvalue weighted by Crippen LogP contribution is -2.17. The quantitative estimate of drug-likeness (QED) is 0.696. The summed E-state index contributed by atoms with van der Waals surface area (Å²) in [5.74, 6) is -1.69. The van der Waals surface area contributed by atoms with Gasteiger partial charge in [-0.2, -0.15) is 0 Å². The van der Waals surface area contributed by atoms with Gasteiger partial charge in [0, 0.05) is 18.1 Å². The Labute approximate surface area is 155 Å². The van der Waals surface area contributed by atoms with E-state index in [1.54, 1.807) is 61.1 Å². The number of imidazole rings is 1. The number of aromatic nitrogens is 2. The maximum Gasteiger partial charge on any atom is 0.338 e. The van der Waals surface area contributed by atoms with Crippen LogP contribution < -0.4 is 5.32 Å². The van der Waals surface area contributed by atoms with Crippen molar-refractivity contribution in [2.24, 2.45) is 0 Å². The molecular formula is C20H18FN3O3. The molecule has 0 aliphatic carbocycles. The fourth-order valence-electron chi connectivity index (χ4n) is 2.52. The molecule has 2 aromatic carbocycles. The first kappa shape index (κ1) is 18.3. The number of esters is 1. The average Bonchev–Trinajstić information content (AvgIpc) is 3.16. The first-order chi connectivity index (χ1) is 13.0. The van der Waals surface area contributed by atoms with Crippen molar-refractivity contribution in [2.45, 2.75) is 20.0 Å². The SMILES string of the molecule is CC(C)OC(=O)c1ccc(NC(=O)c2c(F)cccc2-n2ccnc2)cc1. The van der Waals surface area contributed by atoms with Crippen LogP contribution in [0.2, 0.25) is 0 Å². The lowest BCUT2D eigenvalue weighted by molar-refractivity contribution is 0.0378. The molecule has 0 aliphatic heterocycles. The molecule has 1 aromatic heterocycles. The maximum atomic E-state index is 14.3. The van der Waals surface area contributed by atoms with Gasteiger partial charge >= 0.3 is 5.97 Å². The second-order valence-corrected chi connectivity index (χ2v) is 6.09. The van der Waals surface area contributed by atoms with E-state index in [2.05, 4.69) is 10.3 Å². The van der Waals surface area contributed by atoms with Crippen molar-refractivity contribution in [3.63, 3.8) is 0 Å². The van der Waals surface area contributed by atoms with Gasteiger partial charge in [0.15, 0.2) is 0 Å². The number of rotatable bonds is 5. The van der Waals surface area contributed by atoms with Crippen molar-refractivity contribution < 1.29 is 18.7 Å². The van der Waals surface area contributed by atoms with Gasteiger partial charge in [0.05, 0.1) is 29.2 Å². The zero-order valence-electron chi connectivity index (χ0n) is 14.8. The maximum absolute atomic E-state index is 14.3. The Balaban J connectivity index is 1.81. The molecule has 0 saturated carbocycles. The summed E-state index contributed by atoms with van der Waals surface area (Å²) in [6, 6.07) is 10.6. The van der Waals surface area contributed by atoms with E-state index >= 15 is 0 Å². The molecule has 0 saturated heterocycles. The van der Waals surface area contributed by atoms with Crippen LogP contribution in [0.1, 0.15) is 34.6 Å². The molecule has 1 amide bonds. The van der Waals surface area contributed by atoms with Gasteiger partial charge in [-0.15, -0.1) is 0 Å². The number of halogens is 1. The Hall–Kier alpha value is -3.48. The van der Waals surface area contributed by atoms with Gasteiger partial charge in [-0.25, -0.2) is 14.2 Å². The monoisotopic (exact) mass is 367 g/mol. The molecular weight excluding hydrogens is 349 g/mol. The number of hydrogen-bond acceptors (Lipinski definition) is 4. The minimum absolute atomic E-state index is 0.0983. The van der Waals surface area contributed by atoms with Crippen LogP contribution in [0.4, 0.5) is 10.1 Å². The fourth-order valence-corrected chi connectivity index (χ4v) is 2.52. The van der Waals surface area contributed by atoms with Gasteiger partial charge in [-0.1, -0.05) is 6.07 Å². The molecule has 0 unspecified atom stereocenters. The van der Waals surface area contributed by atoms with Crippen molar-refractivity contribution in [1.29, 1.82) is 0 Å². The van der Waals surface area contributed by atoms with Gasteiger partial charge in [-0.05, 0) is 50.2 Å². The Kier molecular flexibility index (Phi) is 5.30. The summed E-state index contributed by atoms with van der Waals surface area (Å²) >= 11 is 0. The molecule has 3 aromatic rings. The number of benzene rings is 2. The number of hydrogen-bond donors (Lipinski definition) is 1. The smallest absolute Gasteiger partial charge is 0.338 e. The summed E-state index contributed by atoms with van der Waals surface area (Å²) in [5, 5.41) is 2.64. The van der Waals surface area contributed by atoms with Gasteiger partial charge in [-0.3, -0.25) is 4.79 Å². The summed E-state index contributed by atoms with van der Waals surface area (Å²) in [6.45, 7) is 3.53. The molecule has 0 atom stereocenters. The van der Waals surface area contributed by atoms with Crippen LogP contribution >= 0.6 is 0 Å². The van der Waals surface area contributed by atoms with Crippen LogP contribution in [0, 0.1) is 5.82 Å². The Morgan fingerprint density at radius 3 is 2.52 bits per heavy atom. The van der Waals surface area contributed by atoms with Crippen LogP contribution in [0.25, 0.3) is 5.69 Å². The van der Waals surface area contributed by atoms with Crippen molar-refractivity contribution in [3.05, 3.63) is 78.1 Å². The lowest BCUT2D eigenvalue weighted by Gasteiger charge is -2.12. The zero-order valence-corrected chi connectivity index (χ0v) is 14.8. The highest BCUT2D eigenvalue weighted by atomic mass is 19.1. The molecule has 0 spiro atoms. The molecule has 0 fully saturated rings. The molecule has 0 radical (unpaired) electrons. The van der Waals surface area contributed by atoms with E-state index in [0.717, 1.165) is 0 Å². The Morgan fingerprint density at radius 1 is 1.15 bits per heavy atom. The Bertz CT molecular complexity index is 951. The molecule has 6 nitrogen and oxygen atoms in total. The second-order valence-electron chi connectivity index (χ2n) is 6.09. The van der Waals surface area contributed by atoms with E-state index in [-0.39, 0.29) is 11.7 Å². The predicted molar refractivity (Wildman–Crippen MR) is 98.5 cm³/mol. The van der Waals surface area contributed by atoms with Gasteiger partial charge in [0.1, 0.15) is 5.82 Å². The van der Waals surface area contributed by atoms with Crippen molar-refractivity contribution in [3.8, 4) is 5.69 Å². The lowest BCUT2D eigenvalue weighted by atomic mass is 10.1. The summed E-state index contributed by atoms with van der Waals surface area (Å²) in [5.41, 5.74) is 1.08. The molecule has 1 N–H and O–H groups in total. The van der Waals surface area contributed by atoms with Crippen molar-refractivity contribution in [1.82, 2.24) is 9.55 Å². The standard InChI is InChI=1S/C20H18FN3O3/c1-13(2)27-20(26)14-6-8-15(9-7-14)23-19(25)18-16(21)4-3-5-17(18)24-11-10-22-12-24/h3-13H,1-2H3,(H,23,25). The van der Waals surface area contributed by atoms with Crippen LogP contribution in [0.5, 0.6) is 0 Å². The van der Waals surface area contributed by atoms with E-state index in [1.807, 2.05) is 0 Å². The molecule has 3 rings (SSSR count). The molecule has 138 valence electrons. The third-order valence-corrected chi connectivity index (χ3v) is 3.72. The van der Waals surface area contributed by atoms with Crippen LogP contribution in [0.3, 0.4) is 0 Å². The van der Waals surface area contributed by atoms with E-state index in [1.165, 1.54) is 18.5 Å². The number of carbonyl (C=O) groups is 2. The predicted octanol–water partition coefficient (Wildman–Crippen LogP) is 3.83. The van der Waals surface area contributed by atoms with E-state index in [4.69, 9.17) is 4.74 Å². The number of anilines is 1. The highest BCUT2D eigenvalue weighted by Gasteiger charge is 2.18. The van der Waals surface area contributed by atoms with E-state index in [0.29, 0.717) is 16.9 Å². The van der Waals surface area contributed by atoms with Crippen LogP contribution in [-0.4, -0.2) is 27.5 Å². The summed E-state index contributed by atoms with van der Waals surface area (Å²) in [6.07, 6.45) is 4.43. The van der Waals surface area contributed by atoms with Crippen molar-refractivity contribution >= 4 is 17.6 Å². The topological polar surface area (TPSA) is 73.2 Å². The van der Waals surface area contributed by atoms with Crippen LogP contribution in [0.15, 0.2) is 61.2 Å². The van der Waals surface area contributed by atoms with Gasteiger partial charge in [0.25, 0.3) is 5.91 Å². The summed E-state index contributed by atoms with van der Waals surface area (Å²) in [7, 11) is 0. The third kappa shape index (κ3) is 4.20. The summed E-state index contributed by atoms with van der Waals surface area (Å²) < 4.78 is 21.0. The number of nitrogens with zero attached hydrogens (tertiary/aromatic N) is 2. The number of amides is 1. The molecule has 7 heteroatoms. The largest absolute Gasteiger partial charge is 0.459 e. The van der Waals surface area contributed by atoms with Crippen LogP contribution in [-0.2, 0) is 4.74 Å². The zero-order chi connectivity index (χ0) is 19.4. The van der Waals surface area contributed by atoms with Gasteiger partial charge < -0.3 is 14.6 Å². The molecule has 1 heterocycles. The number of nitrogens with one attached hydrogen (secondary N) is 1. The Morgan fingerprint density at radius 2 is 1.89 bits per heavy atom. The average molecular weight is 367 g/mol. The highest BCUT2D eigenvalue weighted by molar-refractivity contribution is 6.07. The molecule has 0 aliphatic rings. The van der Waals surface area contributed by atoms with E-state index < -0.39 is 17.7 Å². The van der Waals surface area contributed by atoms with Gasteiger partial charge in [0.2, 0.25) is 0 Å². The minimum Gasteiger partial charge on any atom is -0.459 e. The molecule has 27 heavy (non-hydrogen) atoms. The number of carbonyl (C=O) groups excluding carboxylic acids is 2. The fraction of sp³-hybridized carbons (Fsp3) is 0.150. The summed E-state index contributed by atoms with van der Waals surface area (Å²) in [4.78, 5) is 28.4. The number of ether oxygens (including phenoxy) is 1. The third-order valence-electron chi connectivity index (χ3n) is 3.72. The molecule has 0 bridgehead atoms. The second kappa shape index (κ2) is 7.82. The van der Waals surface area contributed by atoms with E-state index in [9.17, 15) is 14.0 Å². The normalized spacial score (nSPS) is 10.7. The first-order valence-corrected chi connectivity index (χ1v) is 8.35. The highest BCUT2D eigenvalue weighted by Crippen LogP contribution is 2.20. The van der Waals surface area contributed by atoms with Crippen molar-refractivity contribution in [2.75, 3.05) is 5.32 Å². The minimum atomic E-state index is -0.643. The first-order valence-electron chi connectivity index (χ1n) is 8.35.